The molecule has 0 amide bonds. The van der Waals surface area contributed by atoms with Gasteiger partial charge in [0.2, 0.25) is 0 Å². The van der Waals surface area contributed by atoms with E-state index in [1.807, 2.05) is 0 Å². The summed E-state index contributed by atoms with van der Waals surface area (Å²) in [5, 5.41) is 0. The van der Waals surface area contributed by atoms with Crippen molar-refractivity contribution in [2.45, 2.75) is 0 Å². The van der Waals surface area contributed by atoms with Gasteiger partial charge in [-0.3, -0.25) is 14.3 Å². The Morgan fingerprint density at radius 2 is 1.94 bits per heavy atom. The Morgan fingerprint density at radius 3 is 2.59 bits per heavy atom. The largest absolute Gasteiger partial charge is 0.391 e. The van der Waals surface area contributed by atoms with E-state index in [9.17, 15) is 9.18 Å². The minimum absolute atomic E-state index is 0.00759. The number of benzene rings is 1. The number of aromatic nitrogens is 2. The highest BCUT2D eigenvalue weighted by Crippen LogP contribution is 2.19. The molecule has 5 N–H and O–H groups in total. The molecule has 0 radical (unpaired) electrons. The molecule has 0 unspecified atom stereocenters. The monoisotopic (exact) mass is 252 g/mol. The van der Waals surface area contributed by atoms with Crippen molar-refractivity contribution in [2.75, 3.05) is 11.5 Å². The average molecular weight is 252 g/mol. The smallest absolute Gasteiger partial charge is 0.277 e. The molecule has 17 heavy (non-hydrogen) atoms. The highest BCUT2D eigenvalue weighted by atomic mass is 32.1. The number of halogens is 1. The molecule has 2 aromatic rings. The van der Waals surface area contributed by atoms with Gasteiger partial charge in [0.05, 0.1) is 5.69 Å². The van der Waals surface area contributed by atoms with Crippen LogP contribution in [-0.4, -0.2) is 9.55 Å². The van der Waals surface area contributed by atoms with Crippen molar-refractivity contribution < 1.29 is 4.39 Å². The Labute approximate surface area is 101 Å². The second-order valence-corrected chi connectivity index (χ2v) is 3.73. The van der Waals surface area contributed by atoms with Crippen LogP contribution in [0.2, 0.25) is 0 Å². The molecule has 0 saturated carbocycles. The van der Waals surface area contributed by atoms with Crippen LogP contribution in [0.3, 0.4) is 0 Å². The highest BCUT2D eigenvalue weighted by molar-refractivity contribution is 7.71. The molecular weight excluding hydrogens is 243 g/mol. The van der Waals surface area contributed by atoms with Gasteiger partial charge >= 0.3 is 0 Å². The molecule has 1 heterocycles. The molecule has 0 atom stereocenters. The Morgan fingerprint density at radius 1 is 1.29 bits per heavy atom. The van der Waals surface area contributed by atoms with Crippen molar-refractivity contribution in [1.82, 2.24) is 9.55 Å². The SMILES string of the molecule is Nc1c(N)n(-c2ccccc2F)c(=S)[nH]c1=O. The fraction of sp³-hybridized carbons (Fsp3) is 0. The van der Waals surface area contributed by atoms with E-state index in [0.29, 0.717) is 0 Å². The third-order valence-corrected chi connectivity index (χ3v) is 2.56. The Balaban J connectivity index is 2.87. The lowest BCUT2D eigenvalue weighted by atomic mass is 10.3. The molecule has 7 heteroatoms. The Hall–Kier alpha value is -2.15. The van der Waals surface area contributed by atoms with Gasteiger partial charge in [0, 0.05) is 0 Å². The van der Waals surface area contributed by atoms with E-state index in [-0.39, 0.29) is 22.0 Å². The first kappa shape index (κ1) is 11.3. The predicted octanol–water partition coefficient (Wildman–Crippen LogP) is 1.20. The van der Waals surface area contributed by atoms with Crippen LogP contribution in [-0.2, 0) is 0 Å². The number of anilines is 2. The predicted molar refractivity (Wildman–Crippen MR) is 66.0 cm³/mol. The fourth-order valence-electron chi connectivity index (χ4n) is 1.44. The summed E-state index contributed by atoms with van der Waals surface area (Å²) in [5.74, 6) is -0.592. The van der Waals surface area contributed by atoms with Gasteiger partial charge in [0.25, 0.3) is 5.56 Å². The van der Waals surface area contributed by atoms with Crippen molar-refractivity contribution in [2.24, 2.45) is 0 Å². The van der Waals surface area contributed by atoms with Crippen molar-refractivity contribution in [1.29, 1.82) is 0 Å². The maximum absolute atomic E-state index is 13.6. The second-order valence-electron chi connectivity index (χ2n) is 3.35. The number of aromatic amines is 1. The number of H-pyrrole nitrogens is 1. The molecule has 0 spiro atoms. The number of nitrogens with zero attached hydrogens (tertiary/aromatic N) is 1. The van der Waals surface area contributed by atoms with Crippen LogP contribution < -0.4 is 17.0 Å². The zero-order valence-corrected chi connectivity index (χ0v) is 9.42. The third kappa shape index (κ3) is 1.80. The second kappa shape index (κ2) is 4.02. The standard InChI is InChI=1S/C10H9FN4OS/c11-5-3-1-2-4-6(5)15-8(13)7(12)9(16)14-10(15)17/h1-4H,12-13H2,(H,14,16,17). The quantitative estimate of drug-likeness (QED) is 0.665. The molecule has 0 aliphatic heterocycles. The van der Waals surface area contributed by atoms with Crippen molar-refractivity contribution >= 4 is 23.7 Å². The molecule has 88 valence electrons. The number of para-hydroxylation sites is 1. The van der Waals surface area contributed by atoms with Crippen molar-refractivity contribution in [3.05, 3.63) is 45.2 Å². The Bertz CT molecular complexity index is 691. The number of nitrogens with two attached hydrogens (primary N) is 2. The lowest BCUT2D eigenvalue weighted by molar-refractivity contribution is 0.617. The summed E-state index contributed by atoms with van der Waals surface area (Å²) in [6, 6.07) is 5.91. The highest BCUT2D eigenvalue weighted by Gasteiger charge is 2.11. The molecule has 2 rings (SSSR count). The van der Waals surface area contributed by atoms with E-state index in [1.165, 1.54) is 22.8 Å². The first-order valence-electron chi connectivity index (χ1n) is 4.67. The van der Waals surface area contributed by atoms with Crippen LogP contribution in [0.4, 0.5) is 15.9 Å². The third-order valence-electron chi connectivity index (χ3n) is 2.28. The molecule has 0 bridgehead atoms. The van der Waals surface area contributed by atoms with Crippen molar-refractivity contribution in [3.8, 4) is 5.69 Å². The van der Waals surface area contributed by atoms with Gasteiger partial charge in [-0.2, -0.15) is 0 Å². The van der Waals surface area contributed by atoms with Crippen LogP contribution in [0.15, 0.2) is 29.1 Å². The zero-order valence-electron chi connectivity index (χ0n) is 8.61. The normalized spacial score (nSPS) is 10.4. The summed E-state index contributed by atoms with van der Waals surface area (Å²) in [6.45, 7) is 0. The average Bonchev–Trinajstić information content (AvgIpc) is 2.29. The van der Waals surface area contributed by atoms with Crippen LogP contribution in [0.1, 0.15) is 0 Å². The van der Waals surface area contributed by atoms with Gasteiger partial charge in [-0.05, 0) is 24.4 Å². The molecular formula is C10H9FN4OS. The summed E-state index contributed by atoms with van der Waals surface area (Å²) >= 11 is 4.93. The zero-order chi connectivity index (χ0) is 12.6. The van der Waals surface area contributed by atoms with Gasteiger partial charge in [0.15, 0.2) is 4.77 Å². The lowest BCUT2D eigenvalue weighted by Crippen LogP contribution is -2.21. The van der Waals surface area contributed by atoms with Crippen LogP contribution in [0, 0.1) is 10.6 Å². The maximum atomic E-state index is 13.6. The number of hydrogen-bond acceptors (Lipinski definition) is 4. The van der Waals surface area contributed by atoms with E-state index in [0.717, 1.165) is 0 Å². The first-order valence-corrected chi connectivity index (χ1v) is 5.08. The molecule has 1 aromatic heterocycles. The summed E-state index contributed by atoms with van der Waals surface area (Å²) in [5.41, 5.74) is 10.5. The maximum Gasteiger partial charge on any atom is 0.277 e. The fourth-order valence-corrected chi connectivity index (χ4v) is 1.73. The van der Waals surface area contributed by atoms with Crippen LogP contribution in [0.5, 0.6) is 0 Å². The molecule has 0 saturated heterocycles. The summed E-state index contributed by atoms with van der Waals surface area (Å²) < 4.78 is 14.8. The van der Waals surface area contributed by atoms with Crippen LogP contribution >= 0.6 is 12.2 Å². The van der Waals surface area contributed by atoms with E-state index in [4.69, 9.17) is 23.7 Å². The molecule has 0 fully saturated rings. The minimum atomic E-state index is -0.583. The Kier molecular flexibility index (Phi) is 2.68. The minimum Gasteiger partial charge on any atom is -0.391 e. The molecule has 5 nitrogen and oxygen atoms in total. The van der Waals surface area contributed by atoms with Crippen LogP contribution in [0.25, 0.3) is 5.69 Å². The van der Waals surface area contributed by atoms with Gasteiger partial charge in [0.1, 0.15) is 17.3 Å². The van der Waals surface area contributed by atoms with E-state index >= 15 is 0 Å². The molecule has 0 aliphatic rings. The summed E-state index contributed by atoms with van der Waals surface area (Å²) in [4.78, 5) is 13.6. The lowest BCUT2D eigenvalue weighted by Gasteiger charge is -2.12. The number of hydrogen-bond donors (Lipinski definition) is 3. The van der Waals surface area contributed by atoms with Gasteiger partial charge in [-0.15, -0.1) is 0 Å². The van der Waals surface area contributed by atoms with Gasteiger partial charge < -0.3 is 11.5 Å². The van der Waals surface area contributed by atoms with Gasteiger partial charge in [-0.1, -0.05) is 12.1 Å². The van der Waals surface area contributed by atoms with E-state index in [2.05, 4.69) is 4.98 Å². The number of rotatable bonds is 1. The van der Waals surface area contributed by atoms with E-state index < -0.39 is 11.4 Å². The number of nitrogen functional groups attached to an aromatic ring is 2. The van der Waals surface area contributed by atoms with Gasteiger partial charge in [-0.25, -0.2) is 4.39 Å². The molecule has 0 aliphatic carbocycles. The van der Waals surface area contributed by atoms with Crippen molar-refractivity contribution in [3.63, 3.8) is 0 Å². The summed E-state index contributed by atoms with van der Waals surface area (Å²) in [7, 11) is 0. The molecule has 1 aromatic carbocycles. The first-order chi connectivity index (χ1) is 8.02. The topological polar surface area (TPSA) is 89.8 Å². The number of nitrogens with one attached hydrogen (secondary N) is 1. The van der Waals surface area contributed by atoms with E-state index in [1.54, 1.807) is 6.07 Å². The summed E-state index contributed by atoms with van der Waals surface area (Å²) in [6.07, 6.45) is 0.